The quantitative estimate of drug-likeness (QED) is 0.758. The summed E-state index contributed by atoms with van der Waals surface area (Å²) in [6, 6.07) is 11.3. The highest BCUT2D eigenvalue weighted by atomic mass is 16.1. The van der Waals surface area contributed by atoms with Gasteiger partial charge in [0.1, 0.15) is 11.6 Å². The number of nitrogens with zero attached hydrogens (tertiary/aromatic N) is 2. The van der Waals surface area contributed by atoms with Gasteiger partial charge in [-0.3, -0.25) is 14.6 Å². The number of hydrogen-bond acceptors (Lipinski definition) is 4. The molecule has 0 atom stereocenters. The third-order valence-corrected chi connectivity index (χ3v) is 4.43. The van der Waals surface area contributed by atoms with Gasteiger partial charge in [0, 0.05) is 23.7 Å². The topological polar surface area (TPSA) is 98.6 Å². The van der Waals surface area contributed by atoms with Gasteiger partial charge in [-0.2, -0.15) is 5.26 Å². The van der Waals surface area contributed by atoms with Gasteiger partial charge < -0.3 is 10.3 Å². The van der Waals surface area contributed by atoms with Crippen LogP contribution in [-0.4, -0.2) is 15.9 Å². The molecule has 0 radical (unpaired) electrons. The summed E-state index contributed by atoms with van der Waals surface area (Å²) in [5.74, 6) is -0.147. The van der Waals surface area contributed by atoms with Crippen LogP contribution in [0.5, 0.6) is 0 Å². The van der Waals surface area contributed by atoms with Crippen molar-refractivity contribution in [2.45, 2.75) is 26.7 Å². The Bertz CT molecular complexity index is 1090. The highest BCUT2D eigenvalue weighted by Gasteiger charge is 2.14. The van der Waals surface area contributed by atoms with Crippen LogP contribution < -0.4 is 10.9 Å². The predicted octanol–water partition coefficient (Wildman–Crippen LogP) is 2.98. The number of nitriles is 1. The van der Waals surface area contributed by atoms with Crippen LogP contribution in [0.25, 0.3) is 10.9 Å². The molecular formula is C20H18N4O2. The fourth-order valence-electron chi connectivity index (χ4n) is 3.08. The van der Waals surface area contributed by atoms with Crippen molar-refractivity contribution in [3.05, 3.63) is 69.3 Å². The lowest BCUT2D eigenvalue weighted by Gasteiger charge is -2.11. The Morgan fingerprint density at radius 1 is 1.27 bits per heavy atom. The number of anilines is 1. The number of H-pyrrole nitrogens is 1. The molecule has 2 aromatic heterocycles. The molecule has 6 nitrogen and oxygen atoms in total. The normalized spacial score (nSPS) is 10.5. The molecule has 0 bridgehead atoms. The Morgan fingerprint density at radius 2 is 2.04 bits per heavy atom. The number of rotatable bonds is 4. The fourth-order valence-corrected chi connectivity index (χ4v) is 3.08. The summed E-state index contributed by atoms with van der Waals surface area (Å²) in [5.41, 5.74) is 3.26. The van der Waals surface area contributed by atoms with E-state index < -0.39 is 5.56 Å². The van der Waals surface area contributed by atoms with Crippen LogP contribution in [0.15, 0.2) is 41.3 Å². The van der Waals surface area contributed by atoms with Gasteiger partial charge in [0.25, 0.3) is 5.56 Å². The lowest BCUT2D eigenvalue weighted by Crippen LogP contribution is -2.18. The van der Waals surface area contributed by atoms with Crippen molar-refractivity contribution in [3.8, 4) is 6.07 Å². The van der Waals surface area contributed by atoms with Crippen LogP contribution in [0.3, 0.4) is 0 Å². The fraction of sp³-hybridized carbons (Fsp3) is 0.200. The number of para-hydroxylation sites is 1. The van der Waals surface area contributed by atoms with E-state index in [9.17, 15) is 9.59 Å². The van der Waals surface area contributed by atoms with Crippen molar-refractivity contribution >= 4 is 22.5 Å². The van der Waals surface area contributed by atoms with Gasteiger partial charge in [0.05, 0.1) is 11.2 Å². The van der Waals surface area contributed by atoms with Crippen LogP contribution in [0, 0.1) is 25.2 Å². The van der Waals surface area contributed by atoms with E-state index in [0.29, 0.717) is 23.4 Å². The van der Waals surface area contributed by atoms with Crippen LogP contribution >= 0.6 is 0 Å². The summed E-state index contributed by atoms with van der Waals surface area (Å²) in [7, 11) is 0. The van der Waals surface area contributed by atoms with E-state index in [1.165, 1.54) is 0 Å². The zero-order valence-corrected chi connectivity index (χ0v) is 14.6. The highest BCUT2D eigenvalue weighted by Crippen LogP contribution is 2.21. The summed E-state index contributed by atoms with van der Waals surface area (Å²) in [5, 5.41) is 13.0. The van der Waals surface area contributed by atoms with Gasteiger partial charge in [0.15, 0.2) is 0 Å². The summed E-state index contributed by atoms with van der Waals surface area (Å²) in [6.45, 7) is 3.51. The van der Waals surface area contributed by atoms with Crippen molar-refractivity contribution in [2.24, 2.45) is 0 Å². The average Bonchev–Trinajstić information content (AvgIpc) is 2.62. The second-order valence-corrected chi connectivity index (χ2v) is 6.10. The number of nitrogens with one attached hydrogen (secondary N) is 2. The van der Waals surface area contributed by atoms with E-state index in [1.54, 1.807) is 20.0 Å². The molecule has 3 aromatic rings. The molecule has 26 heavy (non-hydrogen) atoms. The molecule has 0 saturated heterocycles. The summed E-state index contributed by atoms with van der Waals surface area (Å²) >= 11 is 0. The van der Waals surface area contributed by atoms with Crippen molar-refractivity contribution in [1.29, 1.82) is 5.26 Å². The molecule has 3 rings (SSSR count). The molecule has 0 saturated carbocycles. The lowest BCUT2D eigenvalue weighted by molar-refractivity contribution is -0.116. The Labute approximate surface area is 150 Å². The zero-order chi connectivity index (χ0) is 18.7. The number of benzene rings is 1. The maximum Gasteiger partial charge on any atom is 0.266 e. The van der Waals surface area contributed by atoms with E-state index >= 15 is 0 Å². The van der Waals surface area contributed by atoms with Crippen LogP contribution in [0.2, 0.25) is 0 Å². The molecule has 0 aliphatic carbocycles. The summed E-state index contributed by atoms with van der Waals surface area (Å²) in [6.07, 6.45) is 2.36. The minimum absolute atomic E-state index is 0.101. The Kier molecular flexibility index (Phi) is 4.81. The molecule has 130 valence electrons. The van der Waals surface area contributed by atoms with Gasteiger partial charge in [-0.1, -0.05) is 18.2 Å². The van der Waals surface area contributed by atoms with E-state index in [-0.39, 0.29) is 17.9 Å². The van der Waals surface area contributed by atoms with E-state index in [1.807, 2.05) is 36.4 Å². The number of hydrogen-bond donors (Lipinski definition) is 2. The van der Waals surface area contributed by atoms with Crippen molar-refractivity contribution < 1.29 is 4.79 Å². The average molecular weight is 346 g/mol. The number of amides is 1. The molecule has 0 aliphatic heterocycles. The molecular weight excluding hydrogens is 328 g/mol. The van der Waals surface area contributed by atoms with Gasteiger partial charge in [-0.05, 0) is 43.5 Å². The number of carbonyl (C=O) groups excluding carboxylic acids is 1. The Hall–Kier alpha value is -3.46. The first-order valence-electron chi connectivity index (χ1n) is 8.27. The predicted molar refractivity (Wildman–Crippen MR) is 99.9 cm³/mol. The van der Waals surface area contributed by atoms with Crippen molar-refractivity contribution in [3.63, 3.8) is 0 Å². The molecule has 1 amide bonds. The number of carbonyl (C=O) groups is 1. The van der Waals surface area contributed by atoms with Gasteiger partial charge in [-0.15, -0.1) is 0 Å². The number of aromatic amines is 1. The molecule has 6 heteroatoms. The van der Waals surface area contributed by atoms with E-state index in [2.05, 4.69) is 15.3 Å². The maximum absolute atomic E-state index is 12.4. The van der Waals surface area contributed by atoms with Crippen LogP contribution in [0.1, 0.15) is 28.8 Å². The first-order valence-corrected chi connectivity index (χ1v) is 8.27. The Balaban J connectivity index is 1.78. The lowest BCUT2D eigenvalue weighted by atomic mass is 9.99. The molecule has 0 fully saturated rings. The number of fused-ring (bicyclic) bond motifs is 1. The van der Waals surface area contributed by atoms with Crippen LogP contribution in [-0.2, 0) is 11.2 Å². The summed E-state index contributed by atoms with van der Waals surface area (Å²) < 4.78 is 0. The minimum atomic E-state index is -0.391. The van der Waals surface area contributed by atoms with Gasteiger partial charge >= 0.3 is 0 Å². The second-order valence-electron chi connectivity index (χ2n) is 6.10. The van der Waals surface area contributed by atoms with Crippen LogP contribution in [0.4, 0.5) is 5.69 Å². The second kappa shape index (κ2) is 7.19. The van der Waals surface area contributed by atoms with E-state index in [4.69, 9.17) is 5.26 Å². The van der Waals surface area contributed by atoms with Gasteiger partial charge in [-0.25, -0.2) is 0 Å². The first-order chi connectivity index (χ1) is 12.5. The van der Waals surface area contributed by atoms with Crippen molar-refractivity contribution in [1.82, 2.24) is 9.97 Å². The largest absolute Gasteiger partial charge is 0.325 e. The smallest absolute Gasteiger partial charge is 0.266 e. The number of pyridine rings is 2. The van der Waals surface area contributed by atoms with Crippen molar-refractivity contribution in [2.75, 3.05) is 5.32 Å². The SMILES string of the molecule is Cc1[nH]c(=O)c(C#N)c(C)c1CCC(=O)Nc1cccc2cccnc12. The van der Waals surface area contributed by atoms with Gasteiger partial charge in [0.2, 0.25) is 5.91 Å². The molecule has 1 aromatic carbocycles. The number of aromatic nitrogens is 2. The number of aryl methyl sites for hydroxylation is 1. The molecule has 2 N–H and O–H groups in total. The standard InChI is InChI=1S/C20H18N4O2/c1-12-15(13(2)23-20(26)16(12)11-21)8-9-18(25)24-17-7-3-5-14-6-4-10-22-19(14)17/h3-7,10H,8-9H2,1-2H3,(H,23,26)(H,24,25). The molecule has 0 spiro atoms. The Morgan fingerprint density at radius 3 is 2.81 bits per heavy atom. The first kappa shape index (κ1) is 17.4. The van der Waals surface area contributed by atoms with E-state index in [0.717, 1.165) is 16.5 Å². The molecule has 0 unspecified atom stereocenters. The highest BCUT2D eigenvalue weighted by molar-refractivity contribution is 6.00. The summed E-state index contributed by atoms with van der Waals surface area (Å²) in [4.78, 5) is 31.2. The molecule has 2 heterocycles. The minimum Gasteiger partial charge on any atom is -0.325 e. The molecule has 0 aliphatic rings. The third-order valence-electron chi connectivity index (χ3n) is 4.43. The zero-order valence-electron chi connectivity index (χ0n) is 14.6. The maximum atomic E-state index is 12.4. The monoisotopic (exact) mass is 346 g/mol. The third kappa shape index (κ3) is 3.33.